The van der Waals surface area contributed by atoms with Crippen LogP contribution in [0.5, 0.6) is 5.75 Å². The molecule has 0 N–H and O–H groups in total. The SMILES string of the molecule is Cc1ncc(OC2=C(c3ccc(S(C)(=O)=O)cc3)C(C)(C)OC2=O)cc1Br. The molecule has 0 fully saturated rings. The fraction of sp³-hybridized carbons (Fsp3) is 0.263. The zero-order valence-corrected chi connectivity index (χ0v) is 17.6. The second-order valence-electron chi connectivity index (χ2n) is 6.74. The summed E-state index contributed by atoms with van der Waals surface area (Å²) >= 11 is 3.39. The Hall–Kier alpha value is -2.19. The monoisotopic (exact) mass is 451 g/mol. The molecule has 3 rings (SSSR count). The molecule has 0 saturated carbocycles. The van der Waals surface area contributed by atoms with Crippen molar-refractivity contribution in [3.63, 3.8) is 0 Å². The fourth-order valence-electron chi connectivity index (χ4n) is 2.81. The number of cyclic esters (lactones) is 1. The van der Waals surface area contributed by atoms with Gasteiger partial charge in [0.2, 0.25) is 5.76 Å². The highest BCUT2D eigenvalue weighted by atomic mass is 79.9. The van der Waals surface area contributed by atoms with E-state index in [0.717, 1.165) is 16.4 Å². The van der Waals surface area contributed by atoms with Crippen molar-refractivity contribution >= 4 is 37.3 Å². The maximum absolute atomic E-state index is 12.4. The number of ether oxygens (including phenoxy) is 2. The second kappa shape index (κ2) is 6.76. The van der Waals surface area contributed by atoms with E-state index in [1.165, 1.54) is 18.3 Å². The number of pyridine rings is 1. The molecule has 0 aliphatic carbocycles. The molecule has 1 aliphatic rings. The van der Waals surface area contributed by atoms with Gasteiger partial charge in [0.1, 0.15) is 11.4 Å². The van der Waals surface area contributed by atoms with Gasteiger partial charge in [-0.3, -0.25) is 4.98 Å². The molecule has 8 heteroatoms. The van der Waals surface area contributed by atoms with Gasteiger partial charge in [-0.15, -0.1) is 0 Å². The third kappa shape index (κ3) is 3.91. The average molecular weight is 452 g/mol. The zero-order valence-electron chi connectivity index (χ0n) is 15.2. The predicted octanol–water partition coefficient (Wildman–Crippen LogP) is 3.68. The summed E-state index contributed by atoms with van der Waals surface area (Å²) < 4.78 is 35.4. The second-order valence-corrected chi connectivity index (χ2v) is 9.61. The molecule has 1 aliphatic heterocycles. The Morgan fingerprint density at radius 2 is 1.81 bits per heavy atom. The molecule has 142 valence electrons. The summed E-state index contributed by atoms with van der Waals surface area (Å²) in [6.45, 7) is 5.35. The van der Waals surface area contributed by atoms with Crippen molar-refractivity contribution in [1.82, 2.24) is 4.98 Å². The van der Waals surface area contributed by atoms with E-state index in [9.17, 15) is 13.2 Å². The van der Waals surface area contributed by atoms with Gasteiger partial charge in [0.05, 0.1) is 22.4 Å². The van der Waals surface area contributed by atoms with Gasteiger partial charge in [-0.05, 0) is 60.5 Å². The number of carbonyl (C=O) groups excluding carboxylic acids is 1. The lowest BCUT2D eigenvalue weighted by Crippen LogP contribution is -2.22. The number of nitrogens with zero attached hydrogens (tertiary/aromatic N) is 1. The molecule has 0 radical (unpaired) electrons. The van der Waals surface area contributed by atoms with Crippen molar-refractivity contribution in [1.29, 1.82) is 0 Å². The van der Waals surface area contributed by atoms with E-state index in [2.05, 4.69) is 20.9 Å². The smallest absolute Gasteiger partial charge is 0.375 e. The normalized spacial score (nSPS) is 16.4. The Kier molecular flexibility index (Phi) is 4.90. The Balaban J connectivity index is 2.08. The third-order valence-electron chi connectivity index (χ3n) is 4.15. The zero-order chi connectivity index (χ0) is 20.0. The molecule has 1 aromatic carbocycles. The number of hydrogen-bond donors (Lipinski definition) is 0. The maximum Gasteiger partial charge on any atom is 0.375 e. The first kappa shape index (κ1) is 19.6. The molecule has 0 amide bonds. The minimum atomic E-state index is -3.31. The van der Waals surface area contributed by atoms with Gasteiger partial charge in [0, 0.05) is 10.7 Å². The van der Waals surface area contributed by atoms with Crippen LogP contribution in [0.2, 0.25) is 0 Å². The van der Waals surface area contributed by atoms with Gasteiger partial charge < -0.3 is 9.47 Å². The summed E-state index contributed by atoms with van der Waals surface area (Å²) in [4.78, 5) is 16.8. The van der Waals surface area contributed by atoms with E-state index in [-0.39, 0.29) is 10.7 Å². The van der Waals surface area contributed by atoms with E-state index in [1.807, 2.05) is 6.92 Å². The van der Waals surface area contributed by atoms with E-state index >= 15 is 0 Å². The number of benzene rings is 1. The van der Waals surface area contributed by atoms with Crippen LogP contribution in [-0.2, 0) is 19.4 Å². The first-order chi connectivity index (χ1) is 12.5. The van der Waals surface area contributed by atoms with Crippen LogP contribution in [0, 0.1) is 6.92 Å². The number of aromatic nitrogens is 1. The van der Waals surface area contributed by atoms with Crippen LogP contribution in [-0.4, -0.2) is 31.2 Å². The van der Waals surface area contributed by atoms with Gasteiger partial charge in [-0.2, -0.15) is 0 Å². The van der Waals surface area contributed by atoms with Crippen LogP contribution >= 0.6 is 15.9 Å². The van der Waals surface area contributed by atoms with Crippen molar-refractivity contribution in [2.24, 2.45) is 0 Å². The average Bonchev–Trinajstić information content (AvgIpc) is 2.78. The number of esters is 1. The summed E-state index contributed by atoms with van der Waals surface area (Å²) in [7, 11) is -3.31. The van der Waals surface area contributed by atoms with E-state index < -0.39 is 21.4 Å². The van der Waals surface area contributed by atoms with E-state index in [1.54, 1.807) is 32.0 Å². The molecule has 1 aromatic heterocycles. The van der Waals surface area contributed by atoms with Crippen molar-refractivity contribution in [3.8, 4) is 5.75 Å². The van der Waals surface area contributed by atoms with Gasteiger partial charge in [0.25, 0.3) is 0 Å². The summed E-state index contributed by atoms with van der Waals surface area (Å²) in [5.41, 5.74) is 1.06. The molecule has 0 unspecified atom stereocenters. The lowest BCUT2D eigenvalue weighted by molar-refractivity contribution is -0.145. The molecular weight excluding hydrogens is 434 g/mol. The van der Waals surface area contributed by atoms with E-state index in [4.69, 9.17) is 9.47 Å². The number of hydrogen-bond acceptors (Lipinski definition) is 6. The summed E-state index contributed by atoms with van der Waals surface area (Å²) in [5, 5.41) is 0. The molecule has 0 spiro atoms. The lowest BCUT2D eigenvalue weighted by Gasteiger charge is -2.21. The highest BCUT2D eigenvalue weighted by molar-refractivity contribution is 9.10. The molecule has 6 nitrogen and oxygen atoms in total. The van der Waals surface area contributed by atoms with Crippen LogP contribution in [0.4, 0.5) is 0 Å². The van der Waals surface area contributed by atoms with Gasteiger partial charge in [-0.25, -0.2) is 13.2 Å². The number of sulfone groups is 1. The van der Waals surface area contributed by atoms with Gasteiger partial charge in [0.15, 0.2) is 9.84 Å². The first-order valence-electron chi connectivity index (χ1n) is 8.07. The molecule has 2 aromatic rings. The van der Waals surface area contributed by atoms with Gasteiger partial charge in [-0.1, -0.05) is 12.1 Å². The van der Waals surface area contributed by atoms with Crippen molar-refractivity contribution in [2.45, 2.75) is 31.3 Å². The Bertz CT molecular complexity index is 1060. The predicted molar refractivity (Wildman–Crippen MR) is 104 cm³/mol. The standard InChI is InChI=1S/C19H18BrNO5S/c1-11-15(20)9-13(10-21-11)25-17-16(19(2,3)26-18(17)22)12-5-7-14(8-6-12)27(4,23)24/h5-10H,1-4H3. The number of aryl methyl sites for hydroxylation is 1. The first-order valence-corrected chi connectivity index (χ1v) is 10.8. The summed E-state index contributed by atoms with van der Waals surface area (Å²) in [6, 6.07) is 8.00. The van der Waals surface area contributed by atoms with Crippen molar-refractivity contribution in [3.05, 3.63) is 58.0 Å². The molecule has 27 heavy (non-hydrogen) atoms. The molecule has 0 bridgehead atoms. The highest BCUT2D eigenvalue weighted by Gasteiger charge is 2.43. The van der Waals surface area contributed by atoms with Crippen LogP contribution in [0.15, 0.2) is 51.7 Å². The van der Waals surface area contributed by atoms with Crippen LogP contribution in [0.1, 0.15) is 25.1 Å². The van der Waals surface area contributed by atoms with Crippen molar-refractivity contribution in [2.75, 3.05) is 6.26 Å². The largest absolute Gasteiger partial charge is 0.449 e. The van der Waals surface area contributed by atoms with Crippen LogP contribution in [0.25, 0.3) is 5.57 Å². The highest BCUT2D eigenvalue weighted by Crippen LogP contribution is 2.40. The van der Waals surface area contributed by atoms with Crippen LogP contribution < -0.4 is 4.74 Å². The Morgan fingerprint density at radius 1 is 1.19 bits per heavy atom. The Labute approximate surface area is 166 Å². The summed E-state index contributed by atoms with van der Waals surface area (Å²) in [6.07, 6.45) is 2.67. The van der Waals surface area contributed by atoms with Crippen LogP contribution in [0.3, 0.4) is 0 Å². The lowest BCUT2D eigenvalue weighted by atomic mass is 9.92. The number of rotatable bonds is 4. The quantitative estimate of drug-likeness (QED) is 0.659. The number of carbonyl (C=O) groups is 1. The van der Waals surface area contributed by atoms with Gasteiger partial charge >= 0.3 is 5.97 Å². The maximum atomic E-state index is 12.4. The molecule has 2 heterocycles. The molecule has 0 atom stereocenters. The molecular formula is C19H18BrNO5S. The third-order valence-corrected chi connectivity index (χ3v) is 6.08. The fourth-order valence-corrected chi connectivity index (χ4v) is 3.77. The van der Waals surface area contributed by atoms with E-state index in [0.29, 0.717) is 16.9 Å². The topological polar surface area (TPSA) is 82.6 Å². The minimum absolute atomic E-state index is 0.0599. The minimum Gasteiger partial charge on any atom is -0.449 e. The van der Waals surface area contributed by atoms with Crippen molar-refractivity contribution < 1.29 is 22.7 Å². The molecule has 0 saturated heterocycles. The summed E-state index contributed by atoms with van der Waals surface area (Å²) in [5.74, 6) is -0.133. The number of halogens is 1. The Morgan fingerprint density at radius 3 is 2.37 bits per heavy atom.